The Bertz CT molecular complexity index is 673. The van der Waals surface area contributed by atoms with Crippen LogP contribution in [0.25, 0.3) is 0 Å². The van der Waals surface area contributed by atoms with Crippen LogP contribution in [0.4, 0.5) is 0 Å². The fraction of sp³-hybridized carbons (Fsp3) is 0.722. The lowest BCUT2D eigenvalue weighted by Gasteiger charge is -2.24. The second-order valence-corrected chi connectivity index (χ2v) is 7.26. The van der Waals surface area contributed by atoms with Gasteiger partial charge in [-0.25, -0.2) is 0 Å². The van der Waals surface area contributed by atoms with Crippen molar-refractivity contribution < 1.29 is 0 Å². The van der Waals surface area contributed by atoms with Crippen LogP contribution in [-0.4, -0.2) is 42.5 Å². The molecule has 2 aromatic rings. The highest BCUT2D eigenvalue weighted by molar-refractivity contribution is 5.06. The lowest BCUT2D eigenvalue weighted by atomic mass is 10.1. The Morgan fingerprint density at radius 1 is 1.12 bits per heavy atom. The number of likely N-dealkylation sites (tertiary alicyclic amines) is 1. The van der Waals surface area contributed by atoms with E-state index in [1.165, 1.54) is 62.3 Å². The molecule has 0 bridgehead atoms. The molecule has 6 heteroatoms. The quantitative estimate of drug-likeness (QED) is 0.846. The molecular weight excluding hydrogens is 300 g/mol. The van der Waals surface area contributed by atoms with Gasteiger partial charge in [0.05, 0.1) is 12.2 Å². The van der Waals surface area contributed by atoms with Crippen LogP contribution in [0, 0.1) is 0 Å². The average molecular weight is 328 g/mol. The first-order chi connectivity index (χ1) is 11.8. The van der Waals surface area contributed by atoms with Gasteiger partial charge in [-0.1, -0.05) is 6.42 Å². The summed E-state index contributed by atoms with van der Waals surface area (Å²) >= 11 is 0. The summed E-state index contributed by atoms with van der Waals surface area (Å²) in [4.78, 5) is 2.62. The molecule has 0 spiro atoms. The molecule has 0 aliphatic carbocycles. The first-order valence-electron chi connectivity index (χ1n) is 9.45. The van der Waals surface area contributed by atoms with Crippen LogP contribution >= 0.6 is 0 Å². The highest BCUT2D eigenvalue weighted by Crippen LogP contribution is 2.32. The summed E-state index contributed by atoms with van der Waals surface area (Å²) < 4.78 is 4.32. The molecule has 1 fully saturated rings. The SMILES string of the molecule is Cn1cc(CCCN2CCC[C@@H]2c2nnc3n2CCCCC3)cn1. The van der Waals surface area contributed by atoms with Crippen molar-refractivity contribution in [2.45, 2.75) is 64.0 Å². The van der Waals surface area contributed by atoms with Crippen LogP contribution < -0.4 is 0 Å². The van der Waals surface area contributed by atoms with E-state index in [0.717, 1.165) is 25.9 Å². The lowest BCUT2D eigenvalue weighted by molar-refractivity contribution is 0.240. The number of aromatic nitrogens is 5. The van der Waals surface area contributed by atoms with E-state index in [1.807, 2.05) is 17.9 Å². The van der Waals surface area contributed by atoms with E-state index >= 15 is 0 Å². The number of hydrogen-bond acceptors (Lipinski definition) is 4. The van der Waals surface area contributed by atoms with Crippen LogP contribution in [-0.2, 0) is 26.4 Å². The number of rotatable bonds is 5. The van der Waals surface area contributed by atoms with Gasteiger partial charge in [-0.2, -0.15) is 5.10 Å². The molecule has 1 atom stereocenters. The Morgan fingerprint density at radius 3 is 2.96 bits per heavy atom. The summed E-state index contributed by atoms with van der Waals surface area (Å²) in [5.74, 6) is 2.44. The molecule has 0 aromatic carbocycles. The minimum absolute atomic E-state index is 0.471. The first-order valence-corrected chi connectivity index (χ1v) is 9.45. The van der Waals surface area contributed by atoms with E-state index in [-0.39, 0.29) is 0 Å². The van der Waals surface area contributed by atoms with Gasteiger partial charge in [0, 0.05) is 26.2 Å². The predicted molar refractivity (Wildman–Crippen MR) is 92.7 cm³/mol. The molecular formula is C18H28N6. The largest absolute Gasteiger partial charge is 0.314 e. The van der Waals surface area contributed by atoms with Gasteiger partial charge in [0.1, 0.15) is 11.6 Å². The Hall–Kier alpha value is -1.69. The molecule has 0 radical (unpaired) electrons. The van der Waals surface area contributed by atoms with Crippen molar-refractivity contribution in [1.82, 2.24) is 29.4 Å². The Morgan fingerprint density at radius 2 is 2.08 bits per heavy atom. The molecule has 4 rings (SSSR count). The van der Waals surface area contributed by atoms with Crippen molar-refractivity contribution >= 4 is 0 Å². The van der Waals surface area contributed by atoms with Crippen LogP contribution in [0.1, 0.15) is 61.8 Å². The zero-order chi connectivity index (χ0) is 16.4. The van der Waals surface area contributed by atoms with Crippen molar-refractivity contribution in [3.63, 3.8) is 0 Å². The normalized spacial score (nSPS) is 21.8. The molecule has 0 unspecified atom stereocenters. The lowest BCUT2D eigenvalue weighted by Crippen LogP contribution is -2.27. The van der Waals surface area contributed by atoms with Crippen LogP contribution in [0.15, 0.2) is 12.4 Å². The number of hydrogen-bond donors (Lipinski definition) is 0. The summed E-state index contributed by atoms with van der Waals surface area (Å²) in [5.41, 5.74) is 1.34. The molecule has 2 aliphatic rings. The Balaban J connectivity index is 1.40. The van der Waals surface area contributed by atoms with E-state index in [2.05, 4.69) is 31.0 Å². The van der Waals surface area contributed by atoms with Crippen molar-refractivity contribution in [3.05, 3.63) is 29.6 Å². The van der Waals surface area contributed by atoms with E-state index < -0.39 is 0 Å². The van der Waals surface area contributed by atoms with Crippen molar-refractivity contribution in [2.75, 3.05) is 13.1 Å². The van der Waals surface area contributed by atoms with Gasteiger partial charge in [-0.15, -0.1) is 10.2 Å². The summed E-state index contributed by atoms with van der Waals surface area (Å²) in [6.45, 7) is 3.44. The van der Waals surface area contributed by atoms with Crippen LogP contribution in [0.2, 0.25) is 0 Å². The third-order valence-corrected chi connectivity index (χ3v) is 5.47. The Kier molecular flexibility index (Phi) is 4.65. The van der Waals surface area contributed by atoms with Gasteiger partial charge in [0.2, 0.25) is 0 Å². The molecule has 0 saturated carbocycles. The third kappa shape index (κ3) is 3.24. The Labute approximate surface area is 143 Å². The summed E-state index contributed by atoms with van der Waals surface area (Å²) in [5, 5.41) is 13.4. The van der Waals surface area contributed by atoms with Crippen molar-refractivity contribution in [1.29, 1.82) is 0 Å². The average Bonchev–Trinajstić information content (AvgIpc) is 3.25. The zero-order valence-corrected chi connectivity index (χ0v) is 14.7. The molecule has 1 saturated heterocycles. The molecule has 6 nitrogen and oxygen atoms in total. The molecule has 2 aliphatic heterocycles. The minimum atomic E-state index is 0.471. The molecule has 24 heavy (non-hydrogen) atoms. The fourth-order valence-corrected chi connectivity index (χ4v) is 4.23. The standard InChI is InChI=1S/C18H28N6/c1-22-14-15(13-19-22)7-5-10-23-11-6-8-16(23)18-21-20-17-9-3-2-4-12-24(17)18/h13-14,16H,2-12H2,1H3/t16-/m1/s1. The van der Waals surface area contributed by atoms with Gasteiger partial charge >= 0.3 is 0 Å². The van der Waals surface area contributed by atoms with E-state index in [4.69, 9.17) is 0 Å². The molecule has 0 amide bonds. The van der Waals surface area contributed by atoms with Crippen molar-refractivity contribution in [2.24, 2.45) is 7.05 Å². The van der Waals surface area contributed by atoms with Gasteiger partial charge in [-0.05, 0) is 57.2 Å². The summed E-state index contributed by atoms with van der Waals surface area (Å²) in [7, 11) is 1.98. The van der Waals surface area contributed by atoms with Crippen molar-refractivity contribution in [3.8, 4) is 0 Å². The monoisotopic (exact) mass is 328 g/mol. The second kappa shape index (κ2) is 7.05. The van der Waals surface area contributed by atoms with Gasteiger partial charge in [-0.3, -0.25) is 9.58 Å². The topological polar surface area (TPSA) is 51.8 Å². The van der Waals surface area contributed by atoms with E-state index in [1.54, 1.807) is 0 Å². The number of fused-ring (bicyclic) bond motifs is 1. The zero-order valence-electron chi connectivity index (χ0n) is 14.7. The first kappa shape index (κ1) is 15.8. The molecule has 4 heterocycles. The fourth-order valence-electron chi connectivity index (χ4n) is 4.23. The highest BCUT2D eigenvalue weighted by atomic mass is 15.3. The maximum atomic E-state index is 4.60. The second-order valence-electron chi connectivity index (χ2n) is 7.26. The summed E-state index contributed by atoms with van der Waals surface area (Å²) in [6, 6.07) is 0.471. The maximum Gasteiger partial charge on any atom is 0.150 e. The highest BCUT2D eigenvalue weighted by Gasteiger charge is 2.30. The van der Waals surface area contributed by atoms with Gasteiger partial charge < -0.3 is 4.57 Å². The third-order valence-electron chi connectivity index (χ3n) is 5.47. The van der Waals surface area contributed by atoms with Crippen LogP contribution in [0.3, 0.4) is 0 Å². The predicted octanol–water partition coefficient (Wildman–Crippen LogP) is 2.51. The molecule has 2 aromatic heterocycles. The van der Waals surface area contributed by atoms with Gasteiger partial charge in [0.15, 0.2) is 0 Å². The minimum Gasteiger partial charge on any atom is -0.314 e. The maximum absolute atomic E-state index is 4.60. The number of aryl methyl sites for hydroxylation is 3. The molecule has 0 N–H and O–H groups in total. The molecule has 130 valence electrons. The van der Waals surface area contributed by atoms with E-state index in [0.29, 0.717) is 6.04 Å². The smallest absolute Gasteiger partial charge is 0.150 e. The number of nitrogens with zero attached hydrogens (tertiary/aromatic N) is 6. The summed E-state index contributed by atoms with van der Waals surface area (Å²) in [6.07, 6.45) is 13.9. The van der Waals surface area contributed by atoms with E-state index in [9.17, 15) is 0 Å². The van der Waals surface area contributed by atoms with Gasteiger partial charge in [0.25, 0.3) is 0 Å². The van der Waals surface area contributed by atoms with Crippen LogP contribution in [0.5, 0.6) is 0 Å².